The van der Waals surface area contributed by atoms with Gasteiger partial charge in [-0.3, -0.25) is 34.4 Å². The van der Waals surface area contributed by atoms with Gasteiger partial charge in [0.15, 0.2) is 0 Å². The molecular formula is C37H41N9O4. The Bertz CT molecular complexity index is 1930. The Labute approximate surface area is 289 Å². The number of hydrogen-bond donors (Lipinski definition) is 5. The smallest absolute Gasteiger partial charge is 0.262 e. The summed E-state index contributed by atoms with van der Waals surface area (Å²) in [6.45, 7) is 3.72. The highest BCUT2D eigenvalue weighted by molar-refractivity contribution is 6.23. The van der Waals surface area contributed by atoms with Gasteiger partial charge in [-0.15, -0.1) is 0 Å². The van der Waals surface area contributed by atoms with Gasteiger partial charge in [-0.05, 0) is 87.3 Å². The van der Waals surface area contributed by atoms with E-state index in [-0.39, 0.29) is 24.0 Å². The van der Waals surface area contributed by atoms with E-state index >= 15 is 0 Å². The zero-order chi connectivity index (χ0) is 34.4. The third kappa shape index (κ3) is 6.21. The summed E-state index contributed by atoms with van der Waals surface area (Å²) in [6.07, 6.45) is 11.8. The van der Waals surface area contributed by atoms with Gasteiger partial charge in [0.1, 0.15) is 6.04 Å². The number of rotatable bonds is 11. The fraction of sp³-hybridized carbons (Fsp3) is 0.432. The summed E-state index contributed by atoms with van der Waals surface area (Å²) in [5.74, 6) is -1.41. The van der Waals surface area contributed by atoms with Gasteiger partial charge >= 0.3 is 0 Å². The molecule has 2 saturated heterocycles. The molecule has 4 fully saturated rings. The molecule has 13 heteroatoms. The highest BCUT2D eigenvalue weighted by atomic mass is 16.2. The number of benzene rings is 2. The summed E-state index contributed by atoms with van der Waals surface area (Å²) in [7, 11) is 0. The lowest BCUT2D eigenvalue weighted by atomic mass is 9.77. The van der Waals surface area contributed by atoms with Gasteiger partial charge < -0.3 is 26.3 Å². The largest absolute Gasteiger partial charge is 0.388 e. The van der Waals surface area contributed by atoms with E-state index in [9.17, 15) is 19.2 Å². The van der Waals surface area contributed by atoms with E-state index in [1.54, 1.807) is 24.4 Å². The van der Waals surface area contributed by atoms with Crippen LogP contribution in [0.4, 0.5) is 11.4 Å². The van der Waals surface area contributed by atoms with Crippen LogP contribution in [-0.2, 0) is 9.59 Å². The van der Waals surface area contributed by atoms with E-state index in [2.05, 4.69) is 43.3 Å². The van der Waals surface area contributed by atoms with Crippen molar-refractivity contribution >= 4 is 57.8 Å². The highest BCUT2D eigenvalue weighted by Gasteiger charge is 2.46. The van der Waals surface area contributed by atoms with Crippen molar-refractivity contribution < 1.29 is 19.2 Å². The molecule has 2 aromatic carbocycles. The number of anilines is 2. The normalized spacial score (nSPS) is 24.2. The van der Waals surface area contributed by atoms with Crippen molar-refractivity contribution in [1.82, 2.24) is 30.8 Å². The maximum Gasteiger partial charge on any atom is 0.262 e. The van der Waals surface area contributed by atoms with Crippen LogP contribution in [-0.4, -0.2) is 88.5 Å². The second-order valence-corrected chi connectivity index (χ2v) is 14.3. The van der Waals surface area contributed by atoms with Crippen molar-refractivity contribution in [3.05, 3.63) is 65.6 Å². The minimum absolute atomic E-state index is 0.0925. The molecule has 1 unspecified atom stereocenters. The molecule has 3 aliphatic heterocycles. The number of piperidine rings is 1. The van der Waals surface area contributed by atoms with Crippen LogP contribution in [0, 0.1) is 11.3 Å². The first-order valence-corrected chi connectivity index (χ1v) is 17.6. The van der Waals surface area contributed by atoms with E-state index in [0.29, 0.717) is 28.8 Å². The number of amides is 4. The predicted molar refractivity (Wildman–Crippen MR) is 189 cm³/mol. The van der Waals surface area contributed by atoms with Gasteiger partial charge in [-0.25, -0.2) is 4.98 Å². The molecular weight excluding hydrogens is 634 g/mol. The standard InChI is InChI=1S/C37H41N9O4/c38-18-23(31-20-41-29-6-4-26(17-30(29)43-31)45-13-12-42-37(21-45)9-10-37)19-40-25-14-22(15-25)2-1-11-39-24-3-5-27-28(16-24)36(50)46(35(27)49)32-7-8-33(47)44-34(32)48/h3-6,16-20,22,25,32,38-40,42H,1-2,7-15,21H2,(H,44,47,48)/b23-19+,38-18?. The molecule has 2 aliphatic carbocycles. The van der Waals surface area contributed by atoms with E-state index in [0.717, 1.165) is 73.5 Å². The zero-order valence-electron chi connectivity index (χ0n) is 27.8. The van der Waals surface area contributed by atoms with Crippen LogP contribution < -0.4 is 26.2 Å². The van der Waals surface area contributed by atoms with Gasteiger partial charge in [0.25, 0.3) is 11.8 Å². The second-order valence-electron chi connectivity index (χ2n) is 14.3. The zero-order valence-corrected chi connectivity index (χ0v) is 27.8. The van der Waals surface area contributed by atoms with E-state index in [1.165, 1.54) is 24.7 Å². The second kappa shape index (κ2) is 12.9. The van der Waals surface area contributed by atoms with E-state index in [4.69, 9.17) is 10.4 Å². The quantitative estimate of drug-likeness (QED) is 0.115. The molecule has 0 radical (unpaired) electrons. The Morgan fingerprint density at radius 2 is 1.88 bits per heavy atom. The average Bonchev–Trinajstić information content (AvgIpc) is 3.80. The molecule has 5 N–H and O–H groups in total. The van der Waals surface area contributed by atoms with Crippen LogP contribution in [0.25, 0.3) is 16.6 Å². The SMILES string of the molecule is N=C/C(=C\NC1CC(CCCNc2ccc3c(c2)C(=O)N(C2CCC(=O)NC2=O)C3=O)C1)c1cnc2ccc(N3CCNC4(CC4)C3)cc2n1. The highest BCUT2D eigenvalue weighted by Crippen LogP contribution is 2.39. The Balaban J connectivity index is 0.801. The molecule has 5 aliphatic rings. The molecule has 1 atom stereocenters. The predicted octanol–water partition coefficient (Wildman–Crippen LogP) is 3.22. The summed E-state index contributed by atoms with van der Waals surface area (Å²) in [6, 6.07) is 10.7. The maximum absolute atomic E-state index is 13.1. The molecule has 258 valence electrons. The number of carbonyl (C=O) groups excluding carboxylic acids is 4. The van der Waals surface area contributed by atoms with Crippen molar-refractivity contribution in [3.8, 4) is 0 Å². The van der Waals surface area contributed by atoms with Gasteiger partial charge in [0.2, 0.25) is 11.8 Å². The fourth-order valence-electron chi connectivity index (χ4n) is 7.71. The molecule has 13 nitrogen and oxygen atoms in total. The minimum atomic E-state index is -0.970. The first kappa shape index (κ1) is 32.1. The number of fused-ring (bicyclic) bond motifs is 2. The molecule has 3 aromatic rings. The monoisotopic (exact) mass is 675 g/mol. The van der Waals surface area contributed by atoms with Gasteiger partial charge in [-0.1, -0.05) is 0 Å². The maximum atomic E-state index is 13.1. The Kier molecular flexibility index (Phi) is 8.30. The topological polar surface area (TPSA) is 173 Å². The number of aromatic nitrogens is 2. The molecule has 8 rings (SSSR count). The third-order valence-electron chi connectivity index (χ3n) is 10.8. The first-order chi connectivity index (χ1) is 24.3. The molecule has 1 aromatic heterocycles. The molecule has 2 saturated carbocycles. The van der Waals surface area contributed by atoms with Crippen LogP contribution in [0.15, 0.2) is 48.8 Å². The molecule has 4 amide bonds. The van der Waals surface area contributed by atoms with Gasteiger partial charge in [0, 0.05) is 73.5 Å². The number of carbonyl (C=O) groups is 4. The molecule has 4 heterocycles. The van der Waals surface area contributed by atoms with Crippen LogP contribution >= 0.6 is 0 Å². The number of allylic oxidation sites excluding steroid dienone is 1. The van der Waals surface area contributed by atoms with Crippen LogP contribution in [0.1, 0.15) is 77.8 Å². The summed E-state index contributed by atoms with van der Waals surface area (Å²) >= 11 is 0. The number of nitrogens with one attached hydrogen (secondary N) is 5. The summed E-state index contributed by atoms with van der Waals surface area (Å²) < 4.78 is 0. The lowest BCUT2D eigenvalue weighted by Crippen LogP contribution is -2.54. The van der Waals surface area contributed by atoms with Crippen molar-refractivity contribution in [3.63, 3.8) is 0 Å². The fourth-order valence-corrected chi connectivity index (χ4v) is 7.71. The van der Waals surface area contributed by atoms with E-state index < -0.39 is 29.7 Å². The average molecular weight is 676 g/mol. The third-order valence-corrected chi connectivity index (χ3v) is 10.8. The minimum Gasteiger partial charge on any atom is -0.388 e. The van der Waals surface area contributed by atoms with Crippen LogP contribution in [0.3, 0.4) is 0 Å². The van der Waals surface area contributed by atoms with Crippen molar-refractivity contribution in [1.29, 1.82) is 5.41 Å². The van der Waals surface area contributed by atoms with Gasteiger partial charge in [0.05, 0.1) is 34.1 Å². The Morgan fingerprint density at radius 1 is 1.04 bits per heavy atom. The summed E-state index contributed by atoms with van der Waals surface area (Å²) in [4.78, 5) is 62.8. The molecule has 50 heavy (non-hydrogen) atoms. The Morgan fingerprint density at radius 3 is 2.68 bits per heavy atom. The lowest BCUT2D eigenvalue weighted by Gasteiger charge is -2.36. The van der Waals surface area contributed by atoms with Crippen molar-refractivity contribution in [2.75, 3.05) is 36.4 Å². The number of hydrogen-bond acceptors (Lipinski definition) is 11. The number of nitrogens with zero attached hydrogens (tertiary/aromatic N) is 4. The molecule has 1 spiro atoms. The lowest BCUT2D eigenvalue weighted by molar-refractivity contribution is -0.136. The van der Waals surface area contributed by atoms with Crippen molar-refractivity contribution in [2.45, 2.75) is 69.0 Å². The summed E-state index contributed by atoms with van der Waals surface area (Å²) in [5.41, 5.74) is 5.82. The molecule has 0 bridgehead atoms. The van der Waals surface area contributed by atoms with E-state index in [1.807, 2.05) is 12.3 Å². The Hall–Kier alpha value is -5.17. The number of imide groups is 2. The number of piperazine rings is 1. The first-order valence-electron chi connectivity index (χ1n) is 17.6. The van der Waals surface area contributed by atoms with Gasteiger partial charge in [-0.2, -0.15) is 0 Å². The van der Waals surface area contributed by atoms with Crippen molar-refractivity contribution in [2.24, 2.45) is 5.92 Å². The van der Waals surface area contributed by atoms with Crippen LogP contribution in [0.2, 0.25) is 0 Å². The summed E-state index contributed by atoms with van der Waals surface area (Å²) in [5, 5.41) is 20.8. The van der Waals surface area contributed by atoms with Crippen LogP contribution in [0.5, 0.6) is 0 Å².